The summed E-state index contributed by atoms with van der Waals surface area (Å²) < 4.78 is 5.26. The van der Waals surface area contributed by atoms with E-state index in [9.17, 15) is 0 Å². The number of aromatic nitrogens is 1. The molecule has 0 bridgehead atoms. The smallest absolute Gasteiger partial charge is 0.221 e. The third-order valence-corrected chi connectivity index (χ3v) is 2.58. The summed E-state index contributed by atoms with van der Waals surface area (Å²) in [7, 11) is 1.63. The molecule has 0 atom stereocenters. The Bertz CT molecular complexity index is 484. The highest BCUT2D eigenvalue weighted by Gasteiger charge is 2.08. The fourth-order valence-electron chi connectivity index (χ4n) is 1.80. The van der Waals surface area contributed by atoms with Gasteiger partial charge in [-0.2, -0.15) is 0 Å². The molecule has 1 heterocycles. The number of methoxy groups -OCH3 is 1. The van der Waals surface area contributed by atoms with Gasteiger partial charge in [0.25, 0.3) is 0 Å². The van der Waals surface area contributed by atoms with Crippen LogP contribution >= 0.6 is 0 Å². The van der Waals surface area contributed by atoms with Crippen molar-refractivity contribution >= 4 is 10.8 Å². The summed E-state index contributed by atoms with van der Waals surface area (Å²) in [4.78, 5) is 4.26. The van der Waals surface area contributed by atoms with Crippen LogP contribution in [0.4, 0.5) is 0 Å². The molecule has 2 aromatic rings. The molecule has 0 saturated carbocycles. The van der Waals surface area contributed by atoms with Crippen molar-refractivity contribution in [2.45, 2.75) is 13.5 Å². The fraction of sp³-hybridized carbons (Fsp3) is 0.250. The Morgan fingerprint density at radius 2 is 2.20 bits per heavy atom. The van der Waals surface area contributed by atoms with E-state index in [2.05, 4.69) is 11.1 Å². The van der Waals surface area contributed by atoms with Crippen LogP contribution in [0.1, 0.15) is 11.1 Å². The largest absolute Gasteiger partial charge is 0.481 e. The van der Waals surface area contributed by atoms with Crippen LogP contribution in [0.5, 0.6) is 5.88 Å². The molecule has 2 N–H and O–H groups in total. The number of benzene rings is 1. The first-order valence-corrected chi connectivity index (χ1v) is 4.89. The molecule has 0 spiro atoms. The average Bonchev–Trinajstić information content (AvgIpc) is 2.29. The lowest BCUT2D eigenvalue weighted by atomic mass is 10.0. The number of fused-ring (bicyclic) bond motifs is 1. The molecule has 1 aromatic carbocycles. The van der Waals surface area contributed by atoms with E-state index in [-0.39, 0.29) is 0 Å². The summed E-state index contributed by atoms with van der Waals surface area (Å²) >= 11 is 0. The number of nitrogens with two attached hydrogens (primary N) is 1. The van der Waals surface area contributed by atoms with Crippen LogP contribution in [0.25, 0.3) is 10.8 Å². The molecule has 0 radical (unpaired) electrons. The SMILES string of the molecule is COc1ncc(C)c2cccc(CN)c12. The number of aryl methyl sites for hydroxylation is 1. The Kier molecular flexibility index (Phi) is 2.56. The topological polar surface area (TPSA) is 48.1 Å². The quantitative estimate of drug-likeness (QED) is 0.810. The predicted molar refractivity (Wildman–Crippen MR) is 60.9 cm³/mol. The molecule has 0 amide bonds. The maximum Gasteiger partial charge on any atom is 0.221 e. The first-order valence-electron chi connectivity index (χ1n) is 4.89. The molecule has 0 unspecified atom stereocenters. The van der Waals surface area contributed by atoms with Gasteiger partial charge in [0.2, 0.25) is 5.88 Å². The summed E-state index contributed by atoms with van der Waals surface area (Å²) in [5, 5.41) is 2.19. The summed E-state index contributed by atoms with van der Waals surface area (Å²) in [6.45, 7) is 2.54. The molecule has 0 aliphatic heterocycles. The Morgan fingerprint density at radius 3 is 2.87 bits per heavy atom. The second-order valence-electron chi connectivity index (χ2n) is 3.49. The molecule has 15 heavy (non-hydrogen) atoms. The van der Waals surface area contributed by atoms with E-state index in [1.54, 1.807) is 7.11 Å². The van der Waals surface area contributed by atoms with Crippen LogP contribution in [0.15, 0.2) is 24.4 Å². The van der Waals surface area contributed by atoms with Gasteiger partial charge in [0.05, 0.1) is 7.11 Å². The molecule has 3 nitrogen and oxygen atoms in total. The van der Waals surface area contributed by atoms with Crippen molar-refractivity contribution in [1.29, 1.82) is 0 Å². The molecule has 2 rings (SSSR count). The molecule has 0 aliphatic rings. The maximum absolute atomic E-state index is 5.71. The van der Waals surface area contributed by atoms with Gasteiger partial charge in [0, 0.05) is 18.1 Å². The number of hydrogen-bond acceptors (Lipinski definition) is 3. The molecule has 0 aliphatic carbocycles. The van der Waals surface area contributed by atoms with E-state index in [1.807, 2.05) is 25.3 Å². The van der Waals surface area contributed by atoms with Gasteiger partial charge in [-0.25, -0.2) is 4.98 Å². The maximum atomic E-state index is 5.71. The first kappa shape index (κ1) is 9.93. The lowest BCUT2D eigenvalue weighted by Crippen LogP contribution is -2.00. The van der Waals surface area contributed by atoms with Crippen molar-refractivity contribution in [1.82, 2.24) is 4.98 Å². The number of rotatable bonds is 2. The number of nitrogens with zero attached hydrogens (tertiary/aromatic N) is 1. The standard InChI is InChI=1S/C12H14N2O/c1-8-7-14-12(15-2)11-9(6-13)4-3-5-10(8)11/h3-5,7H,6,13H2,1-2H3. The van der Waals surface area contributed by atoms with Gasteiger partial charge >= 0.3 is 0 Å². The van der Waals surface area contributed by atoms with Crippen molar-refractivity contribution in [3.63, 3.8) is 0 Å². The second-order valence-corrected chi connectivity index (χ2v) is 3.49. The summed E-state index contributed by atoms with van der Waals surface area (Å²) in [6.07, 6.45) is 1.82. The Morgan fingerprint density at radius 1 is 1.40 bits per heavy atom. The minimum absolute atomic E-state index is 0.499. The molecular formula is C12H14N2O. The number of hydrogen-bond donors (Lipinski definition) is 1. The van der Waals surface area contributed by atoms with Crippen molar-refractivity contribution in [3.8, 4) is 5.88 Å². The minimum atomic E-state index is 0.499. The number of pyridine rings is 1. The van der Waals surface area contributed by atoms with E-state index < -0.39 is 0 Å². The zero-order valence-corrected chi connectivity index (χ0v) is 8.95. The lowest BCUT2D eigenvalue weighted by molar-refractivity contribution is 0.403. The van der Waals surface area contributed by atoms with E-state index in [4.69, 9.17) is 10.5 Å². The lowest BCUT2D eigenvalue weighted by Gasteiger charge is -2.10. The van der Waals surface area contributed by atoms with E-state index in [0.29, 0.717) is 12.4 Å². The molecule has 78 valence electrons. The number of ether oxygens (including phenoxy) is 1. The average molecular weight is 202 g/mol. The van der Waals surface area contributed by atoms with Crippen molar-refractivity contribution in [3.05, 3.63) is 35.5 Å². The van der Waals surface area contributed by atoms with Gasteiger partial charge in [-0.3, -0.25) is 0 Å². The van der Waals surface area contributed by atoms with Crippen molar-refractivity contribution < 1.29 is 4.74 Å². The van der Waals surface area contributed by atoms with Gasteiger partial charge < -0.3 is 10.5 Å². The third-order valence-electron chi connectivity index (χ3n) is 2.58. The van der Waals surface area contributed by atoms with Crippen LogP contribution in [0, 0.1) is 6.92 Å². The van der Waals surface area contributed by atoms with Crippen molar-refractivity contribution in [2.24, 2.45) is 5.73 Å². The molecule has 3 heteroatoms. The van der Waals surface area contributed by atoms with Crippen LogP contribution in [0.3, 0.4) is 0 Å². The monoisotopic (exact) mass is 202 g/mol. The van der Waals surface area contributed by atoms with Crippen LogP contribution in [-0.4, -0.2) is 12.1 Å². The molecule has 0 fully saturated rings. The van der Waals surface area contributed by atoms with Gasteiger partial charge in [0.1, 0.15) is 0 Å². The van der Waals surface area contributed by atoms with E-state index >= 15 is 0 Å². The highest BCUT2D eigenvalue weighted by atomic mass is 16.5. The molecular weight excluding hydrogens is 188 g/mol. The van der Waals surface area contributed by atoms with E-state index in [0.717, 1.165) is 21.9 Å². The van der Waals surface area contributed by atoms with E-state index in [1.165, 1.54) is 0 Å². The zero-order chi connectivity index (χ0) is 10.8. The third kappa shape index (κ3) is 1.55. The predicted octanol–water partition coefficient (Wildman–Crippen LogP) is 2.01. The summed E-state index contributed by atoms with van der Waals surface area (Å²) in [6, 6.07) is 6.08. The zero-order valence-electron chi connectivity index (χ0n) is 8.95. The van der Waals surface area contributed by atoms with Crippen molar-refractivity contribution in [2.75, 3.05) is 7.11 Å². The van der Waals surface area contributed by atoms with Gasteiger partial charge in [-0.15, -0.1) is 0 Å². The van der Waals surface area contributed by atoms with Gasteiger partial charge in [0.15, 0.2) is 0 Å². The second kappa shape index (κ2) is 3.87. The fourth-order valence-corrected chi connectivity index (χ4v) is 1.80. The summed E-state index contributed by atoms with van der Waals surface area (Å²) in [5.74, 6) is 0.650. The normalized spacial score (nSPS) is 10.6. The van der Waals surface area contributed by atoms with Gasteiger partial charge in [-0.1, -0.05) is 18.2 Å². The van der Waals surface area contributed by atoms with Crippen LogP contribution in [-0.2, 0) is 6.54 Å². The van der Waals surface area contributed by atoms with Crippen LogP contribution < -0.4 is 10.5 Å². The van der Waals surface area contributed by atoms with Crippen LogP contribution in [0.2, 0.25) is 0 Å². The molecule has 0 saturated heterocycles. The highest BCUT2D eigenvalue weighted by Crippen LogP contribution is 2.28. The summed E-state index contributed by atoms with van der Waals surface area (Å²) in [5.41, 5.74) is 7.92. The van der Waals surface area contributed by atoms with Gasteiger partial charge in [-0.05, 0) is 23.4 Å². The highest BCUT2D eigenvalue weighted by molar-refractivity contribution is 5.92. The minimum Gasteiger partial charge on any atom is -0.481 e. The Balaban J connectivity index is 2.87. The Labute approximate surface area is 88.9 Å². The Hall–Kier alpha value is -1.61. The molecule has 1 aromatic heterocycles. The first-order chi connectivity index (χ1) is 7.27.